The summed E-state index contributed by atoms with van der Waals surface area (Å²) in [6.07, 6.45) is 6.10. The number of halogens is 4. The summed E-state index contributed by atoms with van der Waals surface area (Å²) in [5, 5.41) is 0. The second kappa shape index (κ2) is 7.61. The second-order valence-electron chi connectivity index (χ2n) is 3.34. The molecule has 2 saturated heterocycles. The Bertz CT molecular complexity index is 173. The van der Waals surface area contributed by atoms with Gasteiger partial charge < -0.3 is 17.3 Å². The molecule has 0 nitrogen and oxygen atoms in total. The Hall–Kier alpha value is 1.23. The third-order valence-electron chi connectivity index (χ3n) is 1.90. The molecule has 0 saturated carbocycles. The summed E-state index contributed by atoms with van der Waals surface area (Å²) in [7, 11) is -6.00. The van der Waals surface area contributed by atoms with Crippen molar-refractivity contribution in [3.63, 3.8) is 0 Å². The summed E-state index contributed by atoms with van der Waals surface area (Å²) >= 11 is 5.17. The van der Waals surface area contributed by atoms with Gasteiger partial charge in [0.25, 0.3) is 0 Å². The van der Waals surface area contributed by atoms with E-state index in [0.717, 1.165) is 6.94 Å². The Labute approximate surface area is 111 Å². The van der Waals surface area contributed by atoms with Crippen LogP contribution in [0.5, 0.6) is 0 Å². The zero-order valence-electron chi connectivity index (χ0n) is 8.60. The van der Waals surface area contributed by atoms with E-state index in [1.807, 2.05) is 0 Å². The first-order chi connectivity index (χ1) is 7.45. The quantitative estimate of drug-likeness (QED) is 0.452. The van der Waals surface area contributed by atoms with Crippen LogP contribution >= 0.6 is 23.5 Å². The van der Waals surface area contributed by atoms with Crippen LogP contribution in [0.3, 0.4) is 0 Å². The molecule has 0 N–H and O–H groups in total. The molecular formula is C8H14AuBF4S2-. The van der Waals surface area contributed by atoms with Crippen molar-refractivity contribution < 1.29 is 37.0 Å². The fourth-order valence-corrected chi connectivity index (χ4v) is 10.6. The van der Waals surface area contributed by atoms with Gasteiger partial charge >= 0.3 is 94.7 Å². The average Bonchev–Trinajstić information content (AvgIpc) is 2.74. The van der Waals surface area contributed by atoms with Crippen molar-refractivity contribution in [3.8, 4) is 0 Å². The maximum absolute atomic E-state index is 9.75. The maximum atomic E-state index is 9.75. The first kappa shape index (κ1) is 15.3. The molecule has 8 heteroatoms. The van der Waals surface area contributed by atoms with E-state index in [-0.39, 0.29) is 0 Å². The van der Waals surface area contributed by atoms with E-state index in [2.05, 4.69) is 23.5 Å². The molecule has 101 valence electrons. The molecule has 2 heterocycles. The van der Waals surface area contributed by atoms with Crippen molar-refractivity contribution >= 4 is 30.8 Å². The van der Waals surface area contributed by atoms with Crippen molar-refractivity contribution in [1.82, 2.24) is 0 Å². The van der Waals surface area contributed by atoms with Gasteiger partial charge in [-0.3, -0.25) is 0 Å². The standard InChI is InChI=1S/2C4H7S.Au.BF4/c2*1-2-4-5-3-1;;2-1(3,4)5/h2*3H,1-2,4H2;;/q;;;-1. The van der Waals surface area contributed by atoms with Gasteiger partial charge in [-0.25, -0.2) is 0 Å². The Morgan fingerprint density at radius 2 is 1.25 bits per heavy atom. The minimum absolute atomic E-state index is 0.656. The second-order valence-corrected chi connectivity index (χ2v) is 11.3. The zero-order chi connectivity index (χ0) is 12.0. The van der Waals surface area contributed by atoms with Gasteiger partial charge in [0.15, 0.2) is 0 Å². The Balaban J connectivity index is 0.000000221. The third kappa shape index (κ3) is 8.34. The largest absolute Gasteiger partial charge is 0.673 e. The molecule has 16 heavy (non-hydrogen) atoms. The topological polar surface area (TPSA) is 0 Å². The summed E-state index contributed by atoms with van der Waals surface area (Å²) in [6.45, 7) is 0. The molecule has 2 rings (SSSR count). The van der Waals surface area contributed by atoms with Gasteiger partial charge in [-0.05, 0) is 0 Å². The van der Waals surface area contributed by atoms with E-state index in [1.165, 1.54) is 24.3 Å². The normalized spacial score (nSPS) is 30.2. The fourth-order valence-electron chi connectivity index (χ4n) is 1.31. The fraction of sp³-hybridized carbons (Fsp3) is 1.00. The first-order valence-electron chi connectivity index (χ1n) is 5.09. The van der Waals surface area contributed by atoms with E-state index in [9.17, 15) is 17.3 Å². The van der Waals surface area contributed by atoms with Gasteiger partial charge in [0.05, 0.1) is 0 Å². The molecule has 0 radical (unpaired) electrons. The minimum Gasteiger partial charge on any atom is -0.418 e. The zero-order valence-corrected chi connectivity index (χ0v) is 12.4. The maximum Gasteiger partial charge on any atom is 0.673 e. The Morgan fingerprint density at radius 3 is 1.50 bits per heavy atom. The van der Waals surface area contributed by atoms with Crippen LogP contribution in [0.25, 0.3) is 0 Å². The molecule has 0 aromatic heterocycles. The van der Waals surface area contributed by atoms with Gasteiger partial charge in [0, 0.05) is 0 Å². The summed E-state index contributed by atoms with van der Waals surface area (Å²) in [5.74, 6) is 2.91. The molecule has 0 aliphatic carbocycles. The van der Waals surface area contributed by atoms with Crippen LogP contribution in [0.15, 0.2) is 0 Å². The predicted octanol–water partition coefficient (Wildman–Crippen LogP) is 4.08. The first-order valence-corrected chi connectivity index (χ1v) is 9.69. The monoisotopic (exact) mass is 458 g/mol. The predicted molar refractivity (Wildman–Crippen MR) is 61.1 cm³/mol. The molecule has 0 bridgehead atoms. The van der Waals surface area contributed by atoms with E-state index in [1.54, 1.807) is 12.8 Å². The molecule has 0 spiro atoms. The molecule has 2 aliphatic heterocycles. The van der Waals surface area contributed by atoms with Crippen molar-refractivity contribution in [3.05, 3.63) is 0 Å². The van der Waals surface area contributed by atoms with Crippen molar-refractivity contribution in [2.24, 2.45) is 0 Å². The van der Waals surface area contributed by atoms with Crippen molar-refractivity contribution in [2.75, 3.05) is 11.5 Å². The van der Waals surface area contributed by atoms with E-state index in [4.69, 9.17) is 0 Å². The van der Waals surface area contributed by atoms with Crippen LogP contribution < -0.4 is 0 Å². The van der Waals surface area contributed by atoms with Crippen LogP contribution in [-0.4, -0.2) is 25.7 Å². The van der Waals surface area contributed by atoms with Gasteiger partial charge in [0.1, 0.15) is 0 Å². The van der Waals surface area contributed by atoms with Crippen molar-refractivity contribution in [2.45, 2.75) is 32.6 Å². The Morgan fingerprint density at radius 1 is 0.875 bits per heavy atom. The average molecular weight is 458 g/mol. The van der Waals surface area contributed by atoms with E-state index in [0.29, 0.717) is 19.8 Å². The Kier molecular flexibility index (Phi) is 7.27. The molecule has 0 amide bonds. The number of rotatable bonds is 2. The number of hydrogen-bond acceptors (Lipinski definition) is 2. The summed E-state index contributed by atoms with van der Waals surface area (Å²) in [4.78, 5) is 0. The summed E-state index contributed by atoms with van der Waals surface area (Å²) in [6, 6.07) is 0. The molecule has 2 atom stereocenters. The molecule has 0 aromatic rings. The smallest absolute Gasteiger partial charge is 0.418 e. The van der Waals surface area contributed by atoms with Gasteiger partial charge in [-0.1, -0.05) is 0 Å². The van der Waals surface area contributed by atoms with Gasteiger partial charge in [-0.15, -0.1) is 0 Å². The number of hydrogen-bond donors (Lipinski definition) is 0. The van der Waals surface area contributed by atoms with Crippen LogP contribution in [0.1, 0.15) is 25.7 Å². The van der Waals surface area contributed by atoms with Gasteiger partial charge in [0.2, 0.25) is 0 Å². The SMILES string of the molecule is C1CS[CH]([Au][CH]2CCCS2)C1.F[B-](F)(F)F. The van der Waals surface area contributed by atoms with Crippen LogP contribution in [0, 0.1) is 0 Å². The van der Waals surface area contributed by atoms with Gasteiger partial charge in [-0.2, -0.15) is 0 Å². The molecule has 2 aliphatic rings. The van der Waals surface area contributed by atoms with E-state index < -0.39 is 7.25 Å². The molecule has 2 unspecified atom stereocenters. The molecule has 0 aromatic carbocycles. The summed E-state index contributed by atoms with van der Waals surface area (Å²) in [5.41, 5.74) is 0. The van der Waals surface area contributed by atoms with E-state index >= 15 is 0 Å². The van der Waals surface area contributed by atoms with Crippen LogP contribution in [0.2, 0.25) is 0 Å². The summed E-state index contributed by atoms with van der Waals surface area (Å²) < 4.78 is 41.3. The third-order valence-corrected chi connectivity index (χ3v) is 10.5. The number of thioether (sulfide) groups is 2. The molecule has 2 fully saturated rings. The minimum atomic E-state index is -6.00. The van der Waals surface area contributed by atoms with Crippen LogP contribution in [0.4, 0.5) is 17.3 Å². The van der Waals surface area contributed by atoms with Crippen molar-refractivity contribution in [1.29, 1.82) is 0 Å². The molecular weight excluding hydrogens is 444 g/mol. The van der Waals surface area contributed by atoms with Crippen LogP contribution in [-0.2, 0) is 19.8 Å².